The van der Waals surface area contributed by atoms with E-state index in [1.807, 2.05) is 24.3 Å². The van der Waals surface area contributed by atoms with E-state index in [0.717, 1.165) is 31.7 Å². The van der Waals surface area contributed by atoms with Crippen LogP contribution in [0.5, 0.6) is 0 Å². The molecule has 0 saturated carbocycles. The Morgan fingerprint density at radius 2 is 1.64 bits per heavy atom. The summed E-state index contributed by atoms with van der Waals surface area (Å²) in [6.45, 7) is 7.77. The number of amidine groups is 1. The zero-order valence-electron chi connectivity index (χ0n) is 12.6. The van der Waals surface area contributed by atoms with E-state index in [4.69, 9.17) is 10.9 Å². The molecule has 5 nitrogen and oxygen atoms in total. The highest BCUT2D eigenvalue weighted by Crippen LogP contribution is 2.17. The summed E-state index contributed by atoms with van der Waals surface area (Å²) < 4.78 is 0. The summed E-state index contributed by atoms with van der Waals surface area (Å²) >= 11 is 0. The number of piperazine rings is 1. The molecule has 3 N–H and O–H groups in total. The van der Waals surface area contributed by atoms with Crippen LogP contribution in [0.25, 0.3) is 0 Å². The first-order chi connectivity index (χ1) is 9.24. The zero-order valence-corrected chi connectivity index (χ0v) is 15.1. The minimum atomic E-state index is 0. The Hall–Kier alpha value is -0.880. The van der Waals surface area contributed by atoms with Crippen molar-refractivity contribution in [3.05, 3.63) is 29.8 Å². The number of halogens is 3. The van der Waals surface area contributed by atoms with Crippen molar-refractivity contribution in [2.24, 2.45) is 10.9 Å². The van der Waals surface area contributed by atoms with Crippen molar-refractivity contribution in [2.75, 3.05) is 37.6 Å². The van der Waals surface area contributed by atoms with E-state index in [0.29, 0.717) is 0 Å². The number of rotatable bonds is 4. The van der Waals surface area contributed by atoms with Crippen molar-refractivity contribution in [3.8, 4) is 0 Å². The molecule has 0 bridgehead atoms. The van der Waals surface area contributed by atoms with Gasteiger partial charge >= 0.3 is 0 Å². The van der Waals surface area contributed by atoms with E-state index < -0.39 is 0 Å². The maximum absolute atomic E-state index is 8.63. The Morgan fingerprint density at radius 3 is 2.09 bits per heavy atom. The molecule has 2 rings (SSSR count). The molecule has 0 unspecified atom stereocenters. The summed E-state index contributed by atoms with van der Waals surface area (Å²) in [5, 5.41) is 11.6. The van der Waals surface area contributed by atoms with Crippen molar-refractivity contribution in [3.63, 3.8) is 0 Å². The van der Waals surface area contributed by atoms with E-state index in [1.165, 1.54) is 18.7 Å². The van der Waals surface area contributed by atoms with Gasteiger partial charge in [-0.2, -0.15) is 0 Å². The Morgan fingerprint density at radius 1 is 1.09 bits per heavy atom. The molecule has 0 aromatic heterocycles. The molecule has 1 heterocycles. The minimum Gasteiger partial charge on any atom is -0.409 e. The smallest absolute Gasteiger partial charge is 0.170 e. The summed E-state index contributed by atoms with van der Waals surface area (Å²) in [6.07, 6.45) is 1.22. The number of hydrogen-bond donors (Lipinski definition) is 2. The summed E-state index contributed by atoms with van der Waals surface area (Å²) in [5.74, 6) is 0.152. The lowest BCUT2D eigenvalue weighted by molar-refractivity contribution is 0.258. The standard InChI is InChI=1S/C14H22N4O.3ClH/c1-2-7-17-8-10-18(11-9-17)13-5-3-12(4-6-13)14(15)16-19;;;/h3-6,19H,2,7-11H2,1H3,(H2,15,16);3*1H. The van der Waals surface area contributed by atoms with Crippen LogP contribution in [0.4, 0.5) is 5.69 Å². The van der Waals surface area contributed by atoms with Crippen molar-refractivity contribution in [2.45, 2.75) is 13.3 Å². The molecule has 1 aromatic rings. The van der Waals surface area contributed by atoms with Crippen LogP contribution < -0.4 is 10.6 Å². The second-order valence-corrected chi connectivity index (χ2v) is 4.86. The molecule has 1 fully saturated rings. The number of benzene rings is 1. The predicted octanol–water partition coefficient (Wildman–Crippen LogP) is 2.58. The monoisotopic (exact) mass is 370 g/mol. The Kier molecular flexibility index (Phi) is 12.4. The average Bonchev–Trinajstić information content (AvgIpc) is 2.48. The summed E-state index contributed by atoms with van der Waals surface area (Å²) in [6, 6.07) is 7.84. The fourth-order valence-electron chi connectivity index (χ4n) is 2.45. The Bertz CT molecular complexity index is 434. The molecule has 22 heavy (non-hydrogen) atoms. The van der Waals surface area contributed by atoms with Gasteiger partial charge in [0.1, 0.15) is 0 Å². The maximum Gasteiger partial charge on any atom is 0.170 e. The van der Waals surface area contributed by atoms with Crippen LogP contribution in [-0.4, -0.2) is 48.7 Å². The maximum atomic E-state index is 8.63. The van der Waals surface area contributed by atoms with Gasteiger partial charge in [0.15, 0.2) is 5.84 Å². The molecule has 0 aliphatic carbocycles. The van der Waals surface area contributed by atoms with E-state index in [2.05, 4.69) is 21.9 Å². The van der Waals surface area contributed by atoms with E-state index >= 15 is 0 Å². The first kappa shape index (κ1) is 23.4. The third kappa shape index (κ3) is 6.08. The van der Waals surface area contributed by atoms with Crippen LogP contribution in [-0.2, 0) is 0 Å². The van der Waals surface area contributed by atoms with Gasteiger partial charge in [-0.3, -0.25) is 4.90 Å². The highest BCUT2D eigenvalue weighted by molar-refractivity contribution is 5.97. The Labute approximate surface area is 150 Å². The lowest BCUT2D eigenvalue weighted by atomic mass is 10.1. The number of oxime groups is 1. The molecular formula is C14H25Cl3N4O. The minimum absolute atomic E-state index is 0. The van der Waals surface area contributed by atoms with Crippen molar-refractivity contribution >= 4 is 48.7 Å². The second kappa shape index (κ2) is 11.7. The van der Waals surface area contributed by atoms with Crippen LogP contribution >= 0.6 is 37.2 Å². The van der Waals surface area contributed by atoms with Gasteiger partial charge in [0.05, 0.1) is 0 Å². The van der Waals surface area contributed by atoms with Gasteiger partial charge in [-0.05, 0) is 37.2 Å². The largest absolute Gasteiger partial charge is 0.409 e. The second-order valence-electron chi connectivity index (χ2n) is 4.86. The lowest BCUT2D eigenvalue weighted by Gasteiger charge is -2.36. The van der Waals surface area contributed by atoms with Gasteiger partial charge in [0.25, 0.3) is 0 Å². The van der Waals surface area contributed by atoms with E-state index in [9.17, 15) is 0 Å². The van der Waals surface area contributed by atoms with Gasteiger partial charge in [-0.15, -0.1) is 37.2 Å². The predicted molar refractivity (Wildman–Crippen MR) is 99.6 cm³/mol. The van der Waals surface area contributed by atoms with Crippen LogP contribution in [0, 0.1) is 0 Å². The average molecular weight is 372 g/mol. The Balaban J connectivity index is 0. The van der Waals surface area contributed by atoms with E-state index in [-0.39, 0.29) is 43.1 Å². The SMILES string of the molecule is CCCN1CCN(c2ccc(C(N)=NO)cc2)CC1.Cl.Cl.Cl. The summed E-state index contributed by atoms with van der Waals surface area (Å²) in [7, 11) is 0. The quantitative estimate of drug-likeness (QED) is 0.369. The van der Waals surface area contributed by atoms with Crippen LogP contribution in [0.15, 0.2) is 29.4 Å². The lowest BCUT2D eigenvalue weighted by Crippen LogP contribution is -2.46. The van der Waals surface area contributed by atoms with Gasteiger partial charge in [-0.1, -0.05) is 12.1 Å². The van der Waals surface area contributed by atoms with Gasteiger partial charge in [0, 0.05) is 37.4 Å². The molecule has 1 aromatic carbocycles. The first-order valence-corrected chi connectivity index (χ1v) is 6.80. The van der Waals surface area contributed by atoms with Crippen molar-refractivity contribution in [1.82, 2.24) is 4.90 Å². The zero-order chi connectivity index (χ0) is 13.7. The first-order valence-electron chi connectivity index (χ1n) is 6.80. The molecule has 8 heteroatoms. The van der Waals surface area contributed by atoms with E-state index in [1.54, 1.807) is 0 Å². The number of anilines is 1. The molecule has 1 aliphatic rings. The third-order valence-corrected chi connectivity index (χ3v) is 3.55. The molecule has 0 spiro atoms. The van der Waals surface area contributed by atoms with Gasteiger partial charge in [0.2, 0.25) is 0 Å². The topological polar surface area (TPSA) is 65.1 Å². The van der Waals surface area contributed by atoms with Crippen LogP contribution in [0.2, 0.25) is 0 Å². The molecule has 0 atom stereocenters. The van der Waals surface area contributed by atoms with Gasteiger partial charge in [-0.25, -0.2) is 0 Å². The molecule has 1 aliphatic heterocycles. The number of nitrogens with zero attached hydrogens (tertiary/aromatic N) is 3. The molecular weight excluding hydrogens is 347 g/mol. The van der Waals surface area contributed by atoms with Crippen molar-refractivity contribution < 1.29 is 5.21 Å². The number of nitrogens with two attached hydrogens (primary N) is 1. The van der Waals surface area contributed by atoms with Crippen LogP contribution in [0.1, 0.15) is 18.9 Å². The highest BCUT2D eigenvalue weighted by atomic mass is 35.5. The molecule has 0 amide bonds. The molecule has 128 valence electrons. The molecule has 0 radical (unpaired) electrons. The van der Waals surface area contributed by atoms with Gasteiger partial charge < -0.3 is 15.8 Å². The molecule has 1 saturated heterocycles. The highest BCUT2D eigenvalue weighted by Gasteiger charge is 2.16. The fourth-order valence-corrected chi connectivity index (χ4v) is 2.45. The summed E-state index contributed by atoms with van der Waals surface area (Å²) in [5.41, 5.74) is 7.50. The number of hydrogen-bond acceptors (Lipinski definition) is 4. The fraction of sp³-hybridized carbons (Fsp3) is 0.500. The summed E-state index contributed by atoms with van der Waals surface area (Å²) in [4.78, 5) is 4.88. The van der Waals surface area contributed by atoms with Crippen molar-refractivity contribution in [1.29, 1.82) is 0 Å². The normalized spacial score (nSPS) is 15.3. The third-order valence-electron chi connectivity index (χ3n) is 3.55. The van der Waals surface area contributed by atoms with Crippen LogP contribution in [0.3, 0.4) is 0 Å².